The van der Waals surface area contributed by atoms with E-state index in [-0.39, 0.29) is 18.0 Å². The molecule has 2 aliphatic rings. The lowest BCUT2D eigenvalue weighted by Gasteiger charge is -2.35. The monoisotopic (exact) mass is 277 g/mol. The van der Waals surface area contributed by atoms with Crippen LogP contribution in [0, 0.1) is 11.2 Å². The van der Waals surface area contributed by atoms with E-state index in [4.69, 9.17) is 4.74 Å². The summed E-state index contributed by atoms with van der Waals surface area (Å²) in [4.78, 5) is 0. The fraction of sp³-hybridized carbons (Fsp3) is 0.647. The summed E-state index contributed by atoms with van der Waals surface area (Å²) < 4.78 is 19.3. The van der Waals surface area contributed by atoms with Gasteiger partial charge in [0.05, 0.1) is 12.7 Å². The second kappa shape index (κ2) is 5.82. The normalized spacial score (nSPS) is 30.1. The molecule has 2 nitrogen and oxygen atoms in total. The van der Waals surface area contributed by atoms with Gasteiger partial charge in [-0.25, -0.2) is 4.39 Å². The molecule has 1 aliphatic heterocycles. The van der Waals surface area contributed by atoms with Gasteiger partial charge in [-0.05, 0) is 37.5 Å². The third kappa shape index (κ3) is 2.89. The molecular formula is C17H24FNO. The quantitative estimate of drug-likeness (QED) is 0.842. The first kappa shape index (κ1) is 14.0. The van der Waals surface area contributed by atoms with Crippen LogP contribution in [0.4, 0.5) is 4.39 Å². The molecule has 2 unspecified atom stereocenters. The van der Waals surface area contributed by atoms with E-state index < -0.39 is 0 Å². The molecule has 1 spiro atoms. The number of halogens is 1. The van der Waals surface area contributed by atoms with Crippen LogP contribution in [0.5, 0.6) is 0 Å². The van der Waals surface area contributed by atoms with Gasteiger partial charge in [0.15, 0.2) is 0 Å². The van der Waals surface area contributed by atoms with Crippen LogP contribution >= 0.6 is 0 Å². The van der Waals surface area contributed by atoms with Gasteiger partial charge >= 0.3 is 0 Å². The summed E-state index contributed by atoms with van der Waals surface area (Å²) in [5.74, 6) is -0.188. The fourth-order valence-electron chi connectivity index (χ4n) is 3.61. The maximum Gasteiger partial charge on any atom is 0.123 e. The maximum atomic E-state index is 13.1. The first-order valence-electron chi connectivity index (χ1n) is 7.79. The van der Waals surface area contributed by atoms with Crippen molar-refractivity contribution in [3.05, 3.63) is 35.6 Å². The van der Waals surface area contributed by atoms with Crippen LogP contribution < -0.4 is 5.32 Å². The minimum Gasteiger partial charge on any atom is -0.371 e. The molecule has 2 atom stereocenters. The lowest BCUT2D eigenvalue weighted by Crippen LogP contribution is -2.39. The lowest BCUT2D eigenvalue weighted by atomic mass is 9.74. The number of benzene rings is 1. The van der Waals surface area contributed by atoms with E-state index in [1.807, 2.05) is 12.1 Å². The number of ether oxygens (including phenoxy) is 1. The number of rotatable bonds is 1. The predicted molar refractivity (Wildman–Crippen MR) is 78.1 cm³/mol. The Bertz CT molecular complexity index is 439. The highest BCUT2D eigenvalue weighted by molar-refractivity contribution is 5.20. The van der Waals surface area contributed by atoms with Gasteiger partial charge in [-0.1, -0.05) is 31.4 Å². The summed E-state index contributed by atoms with van der Waals surface area (Å²) in [5, 5.41) is 3.65. The molecule has 1 N–H and O–H groups in total. The minimum atomic E-state index is -0.188. The molecule has 0 aromatic heterocycles. The minimum absolute atomic E-state index is 0.0249. The number of hydrogen-bond donors (Lipinski definition) is 1. The van der Waals surface area contributed by atoms with Crippen LogP contribution in [0.2, 0.25) is 0 Å². The molecule has 20 heavy (non-hydrogen) atoms. The van der Waals surface area contributed by atoms with Crippen molar-refractivity contribution >= 4 is 0 Å². The SMILES string of the molecule is CC1NCC2(CCCCC2)COC1c1ccc(F)cc1. The molecule has 2 fully saturated rings. The van der Waals surface area contributed by atoms with Gasteiger partial charge in [-0.15, -0.1) is 0 Å². The maximum absolute atomic E-state index is 13.1. The van der Waals surface area contributed by atoms with Gasteiger partial charge in [0, 0.05) is 18.0 Å². The van der Waals surface area contributed by atoms with Crippen molar-refractivity contribution in [3.8, 4) is 0 Å². The van der Waals surface area contributed by atoms with Gasteiger partial charge in [0.1, 0.15) is 5.82 Å². The van der Waals surface area contributed by atoms with Crippen molar-refractivity contribution < 1.29 is 9.13 Å². The van der Waals surface area contributed by atoms with Crippen molar-refractivity contribution in [2.45, 2.75) is 51.2 Å². The molecule has 1 heterocycles. The molecule has 1 aromatic carbocycles. The van der Waals surface area contributed by atoms with E-state index in [0.717, 1.165) is 18.7 Å². The van der Waals surface area contributed by atoms with E-state index in [2.05, 4.69) is 12.2 Å². The average molecular weight is 277 g/mol. The lowest BCUT2D eigenvalue weighted by molar-refractivity contribution is -0.0104. The Balaban J connectivity index is 1.75. The summed E-state index contributed by atoms with van der Waals surface area (Å²) in [7, 11) is 0. The van der Waals surface area contributed by atoms with Gasteiger partial charge in [-0.3, -0.25) is 0 Å². The Labute approximate surface area is 120 Å². The molecule has 0 amide bonds. The molecule has 110 valence electrons. The Morgan fingerprint density at radius 2 is 1.85 bits per heavy atom. The summed E-state index contributed by atoms with van der Waals surface area (Å²) in [6, 6.07) is 7.00. The standard InChI is InChI=1S/C17H24FNO/c1-13-16(14-5-7-15(18)8-6-14)20-12-17(11-19-13)9-3-2-4-10-17/h5-8,13,16,19H,2-4,9-12H2,1H3. The zero-order chi connectivity index (χ0) is 14.0. The van der Waals surface area contributed by atoms with E-state index in [9.17, 15) is 4.39 Å². The van der Waals surface area contributed by atoms with Crippen molar-refractivity contribution in [2.75, 3.05) is 13.2 Å². The summed E-state index contributed by atoms with van der Waals surface area (Å²) in [6.07, 6.45) is 6.56. The summed E-state index contributed by atoms with van der Waals surface area (Å²) in [5.41, 5.74) is 1.39. The van der Waals surface area contributed by atoms with Crippen LogP contribution in [0.3, 0.4) is 0 Å². The van der Waals surface area contributed by atoms with Crippen molar-refractivity contribution in [1.82, 2.24) is 5.32 Å². The van der Waals surface area contributed by atoms with Gasteiger partial charge in [0.25, 0.3) is 0 Å². The summed E-state index contributed by atoms with van der Waals surface area (Å²) in [6.45, 7) is 4.04. The second-order valence-corrected chi connectivity index (χ2v) is 6.51. The average Bonchev–Trinajstić information content (AvgIpc) is 2.62. The molecule has 1 saturated heterocycles. The first-order valence-corrected chi connectivity index (χ1v) is 7.79. The molecule has 0 bridgehead atoms. The summed E-state index contributed by atoms with van der Waals surface area (Å²) >= 11 is 0. The first-order chi connectivity index (χ1) is 9.69. The van der Waals surface area contributed by atoms with E-state index >= 15 is 0 Å². The highest BCUT2D eigenvalue weighted by Gasteiger charge is 2.37. The molecule has 1 aromatic rings. The highest BCUT2D eigenvalue weighted by atomic mass is 19.1. The number of nitrogens with one attached hydrogen (secondary N) is 1. The van der Waals surface area contributed by atoms with Crippen LogP contribution in [-0.4, -0.2) is 19.2 Å². The van der Waals surface area contributed by atoms with E-state index in [0.29, 0.717) is 5.41 Å². The van der Waals surface area contributed by atoms with E-state index in [1.165, 1.54) is 44.2 Å². The van der Waals surface area contributed by atoms with Crippen molar-refractivity contribution in [1.29, 1.82) is 0 Å². The Morgan fingerprint density at radius 3 is 2.55 bits per heavy atom. The highest BCUT2D eigenvalue weighted by Crippen LogP contribution is 2.39. The second-order valence-electron chi connectivity index (χ2n) is 6.51. The topological polar surface area (TPSA) is 21.3 Å². The van der Waals surface area contributed by atoms with Crippen LogP contribution in [-0.2, 0) is 4.74 Å². The zero-order valence-corrected chi connectivity index (χ0v) is 12.2. The van der Waals surface area contributed by atoms with Crippen LogP contribution in [0.1, 0.15) is 50.7 Å². The largest absolute Gasteiger partial charge is 0.371 e. The zero-order valence-electron chi connectivity index (χ0n) is 12.2. The third-order valence-corrected chi connectivity index (χ3v) is 4.93. The van der Waals surface area contributed by atoms with E-state index in [1.54, 1.807) is 0 Å². The smallest absolute Gasteiger partial charge is 0.123 e. The number of hydrogen-bond acceptors (Lipinski definition) is 2. The molecule has 1 saturated carbocycles. The van der Waals surface area contributed by atoms with Crippen molar-refractivity contribution in [3.63, 3.8) is 0 Å². The van der Waals surface area contributed by atoms with Crippen LogP contribution in [0.25, 0.3) is 0 Å². The molecule has 1 aliphatic carbocycles. The molecule has 3 rings (SSSR count). The Kier molecular flexibility index (Phi) is 4.08. The van der Waals surface area contributed by atoms with Gasteiger partial charge in [0.2, 0.25) is 0 Å². The fourth-order valence-corrected chi connectivity index (χ4v) is 3.61. The van der Waals surface area contributed by atoms with Crippen LogP contribution in [0.15, 0.2) is 24.3 Å². The predicted octanol–water partition coefficient (Wildman–Crippen LogP) is 3.83. The van der Waals surface area contributed by atoms with Gasteiger partial charge < -0.3 is 10.1 Å². The Morgan fingerprint density at radius 1 is 1.15 bits per heavy atom. The van der Waals surface area contributed by atoms with Gasteiger partial charge in [-0.2, -0.15) is 0 Å². The van der Waals surface area contributed by atoms with Crippen molar-refractivity contribution in [2.24, 2.45) is 5.41 Å². The molecular weight excluding hydrogens is 253 g/mol. The molecule has 3 heteroatoms. The molecule has 0 radical (unpaired) electrons. The Hall–Kier alpha value is -0.930. The third-order valence-electron chi connectivity index (χ3n) is 4.93.